The number of ether oxygens (including phenoxy) is 1. The van der Waals surface area contributed by atoms with Crippen LogP contribution in [0.5, 0.6) is 5.75 Å². The number of hydrogen-bond acceptors (Lipinski definition) is 4. The van der Waals surface area contributed by atoms with Gasteiger partial charge in [-0.3, -0.25) is 9.69 Å². The lowest BCUT2D eigenvalue weighted by Gasteiger charge is -2.27. The third-order valence-corrected chi connectivity index (χ3v) is 5.12. The zero-order valence-corrected chi connectivity index (χ0v) is 15.3. The van der Waals surface area contributed by atoms with Gasteiger partial charge >= 0.3 is 6.03 Å². The van der Waals surface area contributed by atoms with Crippen LogP contribution in [-0.4, -0.2) is 62.1 Å². The van der Waals surface area contributed by atoms with Crippen molar-refractivity contribution in [3.63, 3.8) is 0 Å². The topological polar surface area (TPSA) is 87.9 Å². The average Bonchev–Trinajstić information content (AvgIpc) is 3.09. The van der Waals surface area contributed by atoms with Crippen LogP contribution in [0.25, 0.3) is 0 Å². The highest BCUT2D eigenvalue weighted by Gasteiger charge is 2.47. The molecule has 0 saturated carbocycles. The second-order valence-corrected chi connectivity index (χ2v) is 6.60. The van der Waals surface area contributed by atoms with Gasteiger partial charge in [0.05, 0.1) is 13.7 Å². The van der Waals surface area contributed by atoms with Crippen molar-refractivity contribution in [2.45, 2.75) is 6.04 Å². The minimum Gasteiger partial charge on any atom is -0.497 e. The highest BCUT2D eigenvalue weighted by molar-refractivity contribution is 5.85. The number of nitrogens with zero attached hydrogens (tertiary/aromatic N) is 2. The van der Waals surface area contributed by atoms with Crippen molar-refractivity contribution in [2.75, 3.05) is 40.3 Å². The van der Waals surface area contributed by atoms with E-state index in [1.54, 1.807) is 7.11 Å². The minimum absolute atomic E-state index is 0. The van der Waals surface area contributed by atoms with Crippen molar-refractivity contribution in [1.29, 1.82) is 0 Å². The molecule has 3 rings (SSSR count). The van der Waals surface area contributed by atoms with E-state index in [1.807, 2.05) is 17.0 Å². The van der Waals surface area contributed by atoms with Gasteiger partial charge in [0.2, 0.25) is 5.91 Å². The molecule has 2 saturated heterocycles. The van der Waals surface area contributed by atoms with Gasteiger partial charge in [0.15, 0.2) is 0 Å². The highest BCUT2D eigenvalue weighted by Crippen LogP contribution is 2.44. The summed E-state index contributed by atoms with van der Waals surface area (Å²) in [5, 5.41) is 2.38. The standard InChI is InChI=1S/C17H24N4O3.ClH/c1-20-8-12-9-21(15(22)7-19-17(18)23)10-14(12)16(20)11-3-5-13(24-2)6-4-11;/h3-6,12,14,16H,7-10H2,1-2H3,(H3,18,19,23);1H/t12-,14+,16+;/m0./s1. The summed E-state index contributed by atoms with van der Waals surface area (Å²) in [7, 11) is 3.79. The van der Waals surface area contributed by atoms with Crippen LogP contribution in [0, 0.1) is 11.8 Å². The van der Waals surface area contributed by atoms with Gasteiger partial charge < -0.3 is 20.7 Å². The molecule has 3 N–H and O–H groups in total. The molecule has 3 amide bonds. The zero-order chi connectivity index (χ0) is 17.3. The fraction of sp³-hybridized carbons (Fsp3) is 0.529. The lowest BCUT2D eigenvalue weighted by atomic mass is 9.89. The van der Waals surface area contributed by atoms with Crippen molar-refractivity contribution in [3.8, 4) is 5.75 Å². The van der Waals surface area contributed by atoms with E-state index in [0.717, 1.165) is 18.8 Å². The van der Waals surface area contributed by atoms with Gasteiger partial charge in [-0.05, 0) is 30.7 Å². The first kappa shape index (κ1) is 19.3. The van der Waals surface area contributed by atoms with Crippen LogP contribution in [0.2, 0.25) is 0 Å². The van der Waals surface area contributed by atoms with Crippen LogP contribution in [-0.2, 0) is 4.79 Å². The fourth-order valence-electron chi connectivity index (χ4n) is 4.04. The van der Waals surface area contributed by atoms with E-state index in [0.29, 0.717) is 24.4 Å². The molecule has 138 valence electrons. The molecule has 1 aromatic rings. The molecule has 7 nitrogen and oxygen atoms in total. The number of carbonyl (C=O) groups excluding carboxylic acids is 2. The van der Waals surface area contributed by atoms with Crippen LogP contribution >= 0.6 is 12.4 Å². The van der Waals surface area contributed by atoms with Gasteiger partial charge in [-0.15, -0.1) is 12.4 Å². The van der Waals surface area contributed by atoms with Gasteiger partial charge in [-0.25, -0.2) is 4.79 Å². The Kier molecular flexibility index (Phi) is 6.13. The van der Waals surface area contributed by atoms with Crippen LogP contribution in [0.3, 0.4) is 0 Å². The summed E-state index contributed by atoms with van der Waals surface area (Å²) in [6.45, 7) is 2.39. The molecule has 3 atom stereocenters. The number of nitrogens with one attached hydrogen (secondary N) is 1. The first-order valence-electron chi connectivity index (χ1n) is 8.15. The minimum atomic E-state index is -0.668. The Morgan fingerprint density at radius 3 is 2.52 bits per heavy atom. The van der Waals surface area contributed by atoms with Crippen LogP contribution in [0.1, 0.15) is 11.6 Å². The van der Waals surface area contributed by atoms with Crippen LogP contribution in [0.15, 0.2) is 24.3 Å². The normalized spacial score (nSPS) is 25.2. The van der Waals surface area contributed by atoms with E-state index in [2.05, 4.69) is 29.4 Å². The molecule has 1 aromatic carbocycles. The number of carbonyl (C=O) groups is 2. The molecule has 0 aromatic heterocycles. The Morgan fingerprint density at radius 2 is 1.92 bits per heavy atom. The van der Waals surface area contributed by atoms with E-state index >= 15 is 0 Å². The lowest BCUT2D eigenvalue weighted by Crippen LogP contribution is -2.42. The molecular formula is C17H25ClN4O3. The predicted molar refractivity (Wildman–Crippen MR) is 96.8 cm³/mol. The van der Waals surface area contributed by atoms with Gasteiger partial charge in [0, 0.05) is 31.6 Å². The van der Waals surface area contributed by atoms with Crippen LogP contribution < -0.4 is 15.8 Å². The summed E-state index contributed by atoms with van der Waals surface area (Å²) in [6.07, 6.45) is 0. The number of primary amides is 1. The molecule has 0 unspecified atom stereocenters. The molecular weight excluding hydrogens is 344 g/mol. The van der Waals surface area contributed by atoms with Crippen LogP contribution in [0.4, 0.5) is 4.79 Å². The molecule has 2 fully saturated rings. The van der Waals surface area contributed by atoms with Gasteiger partial charge in [0.1, 0.15) is 5.75 Å². The van der Waals surface area contributed by atoms with Gasteiger partial charge in [0.25, 0.3) is 0 Å². The predicted octanol–water partition coefficient (Wildman–Crippen LogP) is 0.846. The van der Waals surface area contributed by atoms with Crippen molar-refractivity contribution in [1.82, 2.24) is 15.1 Å². The number of amides is 3. The number of benzene rings is 1. The molecule has 0 bridgehead atoms. The number of hydrogen-bond donors (Lipinski definition) is 2. The number of methoxy groups -OCH3 is 1. The quantitative estimate of drug-likeness (QED) is 0.824. The molecule has 0 aliphatic carbocycles. The third-order valence-electron chi connectivity index (χ3n) is 5.12. The fourth-order valence-corrected chi connectivity index (χ4v) is 4.04. The molecule has 2 heterocycles. The highest BCUT2D eigenvalue weighted by atomic mass is 35.5. The van der Waals surface area contributed by atoms with Crippen molar-refractivity contribution >= 4 is 24.3 Å². The molecule has 25 heavy (non-hydrogen) atoms. The summed E-state index contributed by atoms with van der Waals surface area (Å²) in [5.41, 5.74) is 6.28. The summed E-state index contributed by atoms with van der Waals surface area (Å²) >= 11 is 0. The van der Waals surface area contributed by atoms with E-state index < -0.39 is 6.03 Å². The number of fused-ring (bicyclic) bond motifs is 1. The number of rotatable bonds is 4. The smallest absolute Gasteiger partial charge is 0.312 e. The lowest BCUT2D eigenvalue weighted by molar-refractivity contribution is -0.129. The maximum atomic E-state index is 12.2. The summed E-state index contributed by atoms with van der Waals surface area (Å²) < 4.78 is 5.23. The summed E-state index contributed by atoms with van der Waals surface area (Å²) in [4.78, 5) is 27.2. The molecule has 8 heteroatoms. The first-order chi connectivity index (χ1) is 11.5. The Labute approximate surface area is 153 Å². The monoisotopic (exact) mass is 368 g/mol. The second kappa shape index (κ2) is 7.93. The van der Waals surface area contributed by atoms with Crippen molar-refractivity contribution in [2.24, 2.45) is 17.6 Å². The van der Waals surface area contributed by atoms with Crippen molar-refractivity contribution < 1.29 is 14.3 Å². The Bertz CT molecular complexity index is 625. The molecule has 0 spiro atoms. The second-order valence-electron chi connectivity index (χ2n) is 6.60. The number of likely N-dealkylation sites (tertiary alicyclic amines) is 2. The van der Waals surface area contributed by atoms with Gasteiger partial charge in [-0.1, -0.05) is 12.1 Å². The maximum Gasteiger partial charge on any atom is 0.312 e. The van der Waals surface area contributed by atoms with E-state index in [9.17, 15) is 9.59 Å². The maximum absolute atomic E-state index is 12.2. The number of halogens is 1. The Hall–Kier alpha value is -1.99. The molecule has 2 aliphatic rings. The Balaban J connectivity index is 0.00000225. The average molecular weight is 369 g/mol. The number of urea groups is 1. The first-order valence-corrected chi connectivity index (χ1v) is 8.15. The largest absolute Gasteiger partial charge is 0.497 e. The van der Waals surface area contributed by atoms with Crippen molar-refractivity contribution in [3.05, 3.63) is 29.8 Å². The van der Waals surface area contributed by atoms with E-state index in [1.165, 1.54) is 5.56 Å². The molecule has 2 aliphatic heterocycles. The molecule has 0 radical (unpaired) electrons. The third kappa shape index (κ3) is 3.99. The van der Waals surface area contributed by atoms with E-state index in [4.69, 9.17) is 10.5 Å². The summed E-state index contributed by atoms with van der Waals surface area (Å²) in [6, 6.07) is 7.78. The van der Waals surface area contributed by atoms with Gasteiger partial charge in [-0.2, -0.15) is 0 Å². The zero-order valence-electron chi connectivity index (χ0n) is 14.5. The number of nitrogens with two attached hydrogens (primary N) is 1. The van der Waals surface area contributed by atoms with E-state index in [-0.39, 0.29) is 24.9 Å². The SMILES string of the molecule is COc1ccc([C@@H]2[C@@H]3CN(C(=O)CNC(N)=O)C[C@@H]3CN2C)cc1.Cl. The Morgan fingerprint density at radius 1 is 1.24 bits per heavy atom. The summed E-state index contributed by atoms with van der Waals surface area (Å²) in [5.74, 6) is 1.64.